The lowest BCUT2D eigenvalue weighted by Gasteiger charge is -2.07. The molecule has 0 saturated carbocycles. The van der Waals surface area contributed by atoms with Crippen LogP contribution in [-0.2, 0) is 7.05 Å². The molecule has 5 heteroatoms. The number of rotatable bonds is 5. The topological polar surface area (TPSA) is 31.6 Å². The predicted molar refractivity (Wildman–Crippen MR) is 82.6 cm³/mol. The molecule has 0 aliphatic heterocycles. The molecule has 2 rings (SSSR count). The van der Waals surface area contributed by atoms with Gasteiger partial charge in [0.25, 0.3) is 0 Å². The van der Waals surface area contributed by atoms with Crippen LogP contribution in [-0.4, -0.2) is 21.3 Å². The first-order chi connectivity index (χ1) is 10.2. The van der Waals surface area contributed by atoms with Gasteiger partial charge in [-0.25, -0.2) is 0 Å². The van der Waals surface area contributed by atoms with E-state index in [9.17, 15) is 0 Å². The monoisotopic (exact) mass is 413 g/mol. The Morgan fingerprint density at radius 2 is 1.59 bits per heavy atom. The van der Waals surface area contributed by atoms with Crippen LogP contribution < -0.4 is 42.8 Å². The van der Waals surface area contributed by atoms with E-state index in [1.54, 1.807) is 21.3 Å². The molecule has 2 aromatic rings. The molecule has 22 heavy (non-hydrogen) atoms. The van der Waals surface area contributed by atoms with Gasteiger partial charge in [-0.05, 0) is 29.8 Å². The third kappa shape index (κ3) is 4.37. The molecule has 0 amide bonds. The maximum absolute atomic E-state index is 5.30. The third-order valence-electron chi connectivity index (χ3n) is 3.24. The second-order valence-electron chi connectivity index (χ2n) is 4.55. The minimum absolute atomic E-state index is 0. The highest BCUT2D eigenvalue weighted by Gasteiger charge is 2.06. The quantitative estimate of drug-likeness (QED) is 0.499. The van der Waals surface area contributed by atoms with Gasteiger partial charge in [0.15, 0.2) is 17.2 Å². The van der Waals surface area contributed by atoms with Crippen molar-refractivity contribution >= 4 is 12.2 Å². The number of nitrogens with zero attached hydrogens (tertiary/aromatic N) is 1. The molecule has 0 radical (unpaired) electrons. The first-order valence-electron chi connectivity index (χ1n) is 6.61. The molecule has 0 atom stereocenters. The van der Waals surface area contributed by atoms with Gasteiger partial charge in [0.2, 0.25) is 11.9 Å². The maximum atomic E-state index is 5.30. The van der Waals surface area contributed by atoms with E-state index in [4.69, 9.17) is 14.2 Å². The van der Waals surface area contributed by atoms with E-state index in [0.29, 0.717) is 0 Å². The zero-order chi connectivity index (χ0) is 15.2. The number of aromatic nitrogens is 1. The fraction of sp³-hybridized carbons (Fsp3) is 0.235. The van der Waals surface area contributed by atoms with Crippen molar-refractivity contribution in [2.24, 2.45) is 7.05 Å². The van der Waals surface area contributed by atoms with Gasteiger partial charge in [-0.3, -0.25) is 0 Å². The molecule has 0 fully saturated rings. The van der Waals surface area contributed by atoms with E-state index < -0.39 is 0 Å². The smallest absolute Gasteiger partial charge is 0.211 e. The van der Waals surface area contributed by atoms with Crippen LogP contribution >= 0.6 is 0 Å². The lowest BCUT2D eigenvalue weighted by atomic mass is 10.1. The molecule has 0 aliphatic rings. The summed E-state index contributed by atoms with van der Waals surface area (Å²) in [6.45, 7) is 0. The second kappa shape index (κ2) is 8.63. The van der Waals surface area contributed by atoms with Gasteiger partial charge in [-0.1, -0.05) is 6.07 Å². The van der Waals surface area contributed by atoms with Gasteiger partial charge >= 0.3 is 0 Å². The van der Waals surface area contributed by atoms with Crippen molar-refractivity contribution in [1.82, 2.24) is 0 Å². The lowest BCUT2D eigenvalue weighted by Crippen LogP contribution is -3.00. The maximum Gasteiger partial charge on any atom is 0.211 e. The van der Waals surface area contributed by atoms with E-state index >= 15 is 0 Å². The average Bonchev–Trinajstić information content (AvgIpc) is 2.53. The summed E-state index contributed by atoms with van der Waals surface area (Å²) in [5, 5.41) is 0. The van der Waals surface area contributed by atoms with Gasteiger partial charge < -0.3 is 38.2 Å². The van der Waals surface area contributed by atoms with E-state index in [1.165, 1.54) is 0 Å². The zero-order valence-corrected chi connectivity index (χ0v) is 15.3. The van der Waals surface area contributed by atoms with Crippen LogP contribution in [0.3, 0.4) is 0 Å². The largest absolute Gasteiger partial charge is 1.00 e. The van der Waals surface area contributed by atoms with E-state index in [1.807, 2.05) is 60.3 Å². The number of hydrogen-bond donors (Lipinski definition) is 0. The highest BCUT2D eigenvalue weighted by molar-refractivity contribution is 5.68. The first kappa shape index (κ1) is 18.3. The van der Waals surface area contributed by atoms with E-state index in [-0.39, 0.29) is 24.0 Å². The van der Waals surface area contributed by atoms with Crippen molar-refractivity contribution in [2.45, 2.75) is 0 Å². The summed E-state index contributed by atoms with van der Waals surface area (Å²) in [7, 11) is 6.91. The van der Waals surface area contributed by atoms with Crippen molar-refractivity contribution in [3.8, 4) is 17.2 Å². The molecule has 0 spiro atoms. The Morgan fingerprint density at radius 3 is 2.18 bits per heavy atom. The van der Waals surface area contributed by atoms with E-state index in [0.717, 1.165) is 28.5 Å². The number of ether oxygens (including phenoxy) is 3. The minimum atomic E-state index is 0. The number of hydrogen-bond acceptors (Lipinski definition) is 3. The van der Waals surface area contributed by atoms with Crippen molar-refractivity contribution in [3.05, 3.63) is 47.8 Å². The van der Waals surface area contributed by atoms with Crippen molar-refractivity contribution < 1.29 is 42.8 Å². The highest BCUT2D eigenvalue weighted by atomic mass is 127. The Balaban J connectivity index is 0.00000242. The second-order valence-corrected chi connectivity index (χ2v) is 4.55. The van der Waals surface area contributed by atoms with Crippen LogP contribution in [0.1, 0.15) is 11.3 Å². The van der Waals surface area contributed by atoms with Crippen LogP contribution in [0.15, 0.2) is 36.5 Å². The fourth-order valence-corrected chi connectivity index (χ4v) is 2.03. The predicted octanol–water partition coefficient (Wildman–Crippen LogP) is -0.289. The normalized spacial score (nSPS) is 10.2. The van der Waals surface area contributed by atoms with Crippen LogP contribution in [0.4, 0.5) is 0 Å². The Kier molecular flexibility index (Phi) is 7.17. The van der Waals surface area contributed by atoms with Gasteiger partial charge in [-0.2, -0.15) is 4.57 Å². The van der Waals surface area contributed by atoms with Crippen LogP contribution in [0.25, 0.3) is 12.2 Å². The van der Waals surface area contributed by atoms with Gasteiger partial charge in [0, 0.05) is 12.1 Å². The van der Waals surface area contributed by atoms with Gasteiger partial charge in [0.05, 0.1) is 21.3 Å². The number of methoxy groups -OCH3 is 3. The molecule has 1 heterocycles. The van der Waals surface area contributed by atoms with Gasteiger partial charge in [-0.15, -0.1) is 0 Å². The van der Waals surface area contributed by atoms with Crippen LogP contribution in [0.2, 0.25) is 0 Å². The molecule has 0 bridgehead atoms. The van der Waals surface area contributed by atoms with Crippen LogP contribution in [0, 0.1) is 0 Å². The van der Waals surface area contributed by atoms with Crippen molar-refractivity contribution in [3.63, 3.8) is 0 Å². The summed E-state index contributed by atoms with van der Waals surface area (Å²) in [4.78, 5) is 0. The first-order valence-corrected chi connectivity index (χ1v) is 6.61. The summed E-state index contributed by atoms with van der Waals surface area (Å²) < 4.78 is 17.7. The summed E-state index contributed by atoms with van der Waals surface area (Å²) >= 11 is 0. The molecule has 1 aromatic heterocycles. The molecule has 118 valence electrons. The number of benzene rings is 1. The molecule has 0 aliphatic carbocycles. The summed E-state index contributed by atoms with van der Waals surface area (Å²) in [5.41, 5.74) is 2.12. The molecule has 4 nitrogen and oxygen atoms in total. The fourth-order valence-electron chi connectivity index (χ4n) is 2.03. The average molecular weight is 413 g/mol. The Morgan fingerprint density at radius 1 is 0.864 bits per heavy atom. The zero-order valence-electron chi connectivity index (χ0n) is 13.2. The molecule has 0 N–H and O–H groups in total. The minimum Gasteiger partial charge on any atom is -1.00 e. The van der Waals surface area contributed by atoms with Crippen LogP contribution in [0.5, 0.6) is 17.2 Å². The number of pyridine rings is 1. The molecular formula is C17H20INO3. The Bertz CT molecular complexity index is 656. The third-order valence-corrected chi connectivity index (χ3v) is 3.24. The lowest BCUT2D eigenvalue weighted by molar-refractivity contribution is -0.673. The number of aryl methyl sites for hydroxylation is 1. The van der Waals surface area contributed by atoms with Crippen molar-refractivity contribution in [1.29, 1.82) is 0 Å². The standard InChI is InChI=1S/C17H20NO3.HI/c1-18-12-15(19-2)9-8-14(18)7-5-13-6-10-16(20-3)17(11-13)21-4;/h5-12H,1-4H3;1H/q+1;/p-1/b7-5+;. The molecule has 1 aromatic carbocycles. The van der Waals surface area contributed by atoms with Crippen molar-refractivity contribution in [2.75, 3.05) is 21.3 Å². The van der Waals surface area contributed by atoms with Gasteiger partial charge in [0.1, 0.15) is 7.05 Å². The summed E-state index contributed by atoms with van der Waals surface area (Å²) in [5.74, 6) is 2.28. The summed E-state index contributed by atoms with van der Waals surface area (Å²) in [6.07, 6.45) is 6.01. The van der Waals surface area contributed by atoms with E-state index in [2.05, 4.69) is 0 Å². The highest BCUT2D eigenvalue weighted by Crippen LogP contribution is 2.28. The summed E-state index contributed by atoms with van der Waals surface area (Å²) in [6, 6.07) is 9.77. The molecule has 0 unspecified atom stereocenters. The molecular weight excluding hydrogens is 393 g/mol. The Hall–Kier alpha value is -1.76. The SMILES string of the molecule is COc1ccc(/C=C/c2ccc(OC)c(OC)c2)[n+](C)c1.[I-]. The molecule has 0 saturated heterocycles. The Labute approximate surface area is 148 Å². The number of halogens is 1.